The van der Waals surface area contributed by atoms with Crippen molar-refractivity contribution < 1.29 is 9.53 Å². The number of carbonyl (C=O) groups is 1. The quantitative estimate of drug-likeness (QED) is 0.233. The molecule has 0 bridgehead atoms. The summed E-state index contributed by atoms with van der Waals surface area (Å²) in [7, 11) is 0. The van der Waals surface area contributed by atoms with E-state index in [4.69, 9.17) is 21.3 Å². The Bertz CT molecular complexity index is 1700. The standard InChI is InChI=1S/C31H25BrClN5O2/c32-23-18-34-38-28(17-25(36-30(23)38)20-7-1-4-10-24(20)33)35-19-13-15-37(16-14-19)31(39)29-21-8-2-5-11-26(21)40-27-12-6-3-9-22(27)29/h1-12,17-19,29,35H,13-16H2. The molecule has 0 saturated carbocycles. The first kappa shape index (κ1) is 25.1. The van der Waals surface area contributed by atoms with E-state index >= 15 is 0 Å². The van der Waals surface area contributed by atoms with Crippen molar-refractivity contribution in [2.45, 2.75) is 24.8 Å². The Kier molecular flexibility index (Phi) is 6.44. The fraction of sp³-hybridized carbons (Fsp3) is 0.194. The zero-order valence-electron chi connectivity index (χ0n) is 21.4. The van der Waals surface area contributed by atoms with Gasteiger partial charge in [-0.25, -0.2) is 4.98 Å². The molecule has 200 valence electrons. The van der Waals surface area contributed by atoms with Crippen LogP contribution in [0.1, 0.15) is 29.9 Å². The Morgan fingerprint density at radius 2 is 1.60 bits per heavy atom. The van der Waals surface area contributed by atoms with Gasteiger partial charge in [0.05, 0.1) is 22.3 Å². The number of fused-ring (bicyclic) bond motifs is 3. The maximum absolute atomic E-state index is 14.0. The van der Waals surface area contributed by atoms with Gasteiger partial charge in [0.25, 0.3) is 0 Å². The molecule has 0 unspecified atom stereocenters. The number of ether oxygens (including phenoxy) is 1. The summed E-state index contributed by atoms with van der Waals surface area (Å²) in [5, 5.41) is 8.84. The fourth-order valence-electron chi connectivity index (χ4n) is 5.66. The van der Waals surface area contributed by atoms with Crippen LogP contribution in [0.5, 0.6) is 11.5 Å². The van der Waals surface area contributed by atoms with Crippen LogP contribution in [0, 0.1) is 0 Å². The van der Waals surface area contributed by atoms with Crippen LogP contribution in [0.25, 0.3) is 16.9 Å². The van der Waals surface area contributed by atoms with E-state index in [0.29, 0.717) is 23.8 Å². The molecule has 40 heavy (non-hydrogen) atoms. The molecule has 7 nitrogen and oxygen atoms in total. The highest BCUT2D eigenvalue weighted by Gasteiger charge is 2.36. The maximum Gasteiger partial charge on any atom is 0.234 e. The van der Waals surface area contributed by atoms with E-state index in [1.54, 1.807) is 10.7 Å². The molecule has 5 aromatic rings. The number of benzene rings is 3. The van der Waals surface area contributed by atoms with Gasteiger partial charge in [0.15, 0.2) is 5.65 Å². The van der Waals surface area contributed by atoms with Crippen LogP contribution >= 0.6 is 27.5 Å². The van der Waals surface area contributed by atoms with Gasteiger partial charge in [-0.05, 0) is 47.0 Å². The van der Waals surface area contributed by atoms with Gasteiger partial charge in [-0.3, -0.25) is 4.79 Å². The lowest BCUT2D eigenvalue weighted by Gasteiger charge is -2.36. The number of para-hydroxylation sites is 2. The number of anilines is 1. The molecule has 9 heteroatoms. The summed E-state index contributed by atoms with van der Waals surface area (Å²) in [6, 6.07) is 25.5. The third kappa shape index (κ3) is 4.41. The molecule has 1 N–H and O–H groups in total. The first-order valence-electron chi connectivity index (χ1n) is 13.3. The molecule has 3 aromatic carbocycles. The molecule has 2 aromatic heterocycles. The Morgan fingerprint density at radius 1 is 0.950 bits per heavy atom. The second-order valence-electron chi connectivity index (χ2n) is 10.1. The number of carbonyl (C=O) groups excluding carboxylic acids is 1. The third-order valence-electron chi connectivity index (χ3n) is 7.66. The van der Waals surface area contributed by atoms with Gasteiger partial charge in [0.1, 0.15) is 17.3 Å². The number of halogens is 2. The van der Waals surface area contributed by atoms with Crippen LogP contribution in [-0.2, 0) is 4.79 Å². The molecule has 2 aliphatic heterocycles. The van der Waals surface area contributed by atoms with Crippen molar-refractivity contribution in [1.29, 1.82) is 0 Å². The first-order valence-corrected chi connectivity index (χ1v) is 14.4. The Balaban J connectivity index is 1.12. The van der Waals surface area contributed by atoms with E-state index < -0.39 is 0 Å². The van der Waals surface area contributed by atoms with Gasteiger partial charge in [-0.1, -0.05) is 66.2 Å². The van der Waals surface area contributed by atoms with Crippen LogP contribution in [-0.4, -0.2) is 44.5 Å². The lowest BCUT2D eigenvalue weighted by atomic mass is 9.86. The number of nitrogens with zero attached hydrogens (tertiary/aromatic N) is 4. The van der Waals surface area contributed by atoms with E-state index in [1.165, 1.54) is 0 Å². The molecule has 0 radical (unpaired) electrons. The summed E-state index contributed by atoms with van der Waals surface area (Å²) in [6.07, 6.45) is 3.37. The number of likely N-dealkylation sites (tertiary alicyclic amines) is 1. The lowest BCUT2D eigenvalue weighted by Crippen LogP contribution is -2.45. The van der Waals surface area contributed by atoms with Crippen molar-refractivity contribution in [2.24, 2.45) is 0 Å². The molecule has 0 atom stereocenters. The SMILES string of the molecule is O=C(C1c2ccccc2Oc2ccccc21)N1CCC(Nc2cc(-c3ccccc3Cl)nc3c(Br)cnn23)CC1. The molecule has 0 spiro atoms. The van der Waals surface area contributed by atoms with E-state index in [2.05, 4.69) is 26.3 Å². The average Bonchev–Trinajstić information content (AvgIpc) is 3.37. The van der Waals surface area contributed by atoms with Gasteiger partial charge in [0.2, 0.25) is 5.91 Å². The van der Waals surface area contributed by atoms with E-state index in [9.17, 15) is 4.79 Å². The summed E-state index contributed by atoms with van der Waals surface area (Å²) in [6.45, 7) is 1.32. The summed E-state index contributed by atoms with van der Waals surface area (Å²) >= 11 is 10.1. The number of hydrogen-bond acceptors (Lipinski definition) is 5. The second-order valence-corrected chi connectivity index (χ2v) is 11.4. The topological polar surface area (TPSA) is 71.8 Å². The third-order valence-corrected chi connectivity index (χ3v) is 8.55. The van der Waals surface area contributed by atoms with Crippen molar-refractivity contribution in [1.82, 2.24) is 19.5 Å². The van der Waals surface area contributed by atoms with Crippen LogP contribution in [0.15, 0.2) is 89.5 Å². The lowest BCUT2D eigenvalue weighted by molar-refractivity contribution is -0.133. The Hall–Kier alpha value is -3.88. The molecule has 7 rings (SSSR count). The van der Waals surface area contributed by atoms with Crippen LogP contribution in [0.3, 0.4) is 0 Å². The predicted molar refractivity (Wildman–Crippen MR) is 159 cm³/mol. The monoisotopic (exact) mass is 613 g/mol. The minimum Gasteiger partial charge on any atom is -0.457 e. The second kappa shape index (κ2) is 10.3. The van der Waals surface area contributed by atoms with Crippen LogP contribution in [0.2, 0.25) is 5.02 Å². The number of rotatable bonds is 4. The molecule has 1 fully saturated rings. The minimum atomic E-state index is -0.370. The number of hydrogen-bond donors (Lipinski definition) is 1. The van der Waals surface area contributed by atoms with Crippen molar-refractivity contribution >= 4 is 44.9 Å². The van der Waals surface area contributed by atoms with Gasteiger partial charge >= 0.3 is 0 Å². The minimum absolute atomic E-state index is 0.116. The van der Waals surface area contributed by atoms with Crippen LogP contribution < -0.4 is 10.1 Å². The summed E-state index contributed by atoms with van der Waals surface area (Å²) in [5.41, 5.74) is 4.18. The molecule has 2 aliphatic rings. The molecule has 4 heterocycles. The smallest absolute Gasteiger partial charge is 0.234 e. The fourth-order valence-corrected chi connectivity index (χ4v) is 6.24. The van der Waals surface area contributed by atoms with Crippen molar-refractivity contribution in [3.05, 3.63) is 106 Å². The van der Waals surface area contributed by atoms with Gasteiger partial charge in [0, 0.05) is 46.9 Å². The maximum atomic E-state index is 14.0. The number of nitrogens with one attached hydrogen (secondary N) is 1. The number of piperidine rings is 1. The molecular weight excluding hydrogens is 590 g/mol. The molecular formula is C31H25BrClN5O2. The Morgan fingerprint density at radius 3 is 2.30 bits per heavy atom. The van der Waals surface area contributed by atoms with E-state index in [-0.39, 0.29) is 17.9 Å². The highest BCUT2D eigenvalue weighted by molar-refractivity contribution is 9.10. The van der Waals surface area contributed by atoms with Crippen molar-refractivity contribution in [3.63, 3.8) is 0 Å². The Labute approximate surface area is 244 Å². The van der Waals surface area contributed by atoms with E-state index in [0.717, 1.165) is 57.0 Å². The number of aromatic nitrogens is 3. The average molecular weight is 615 g/mol. The normalized spacial score (nSPS) is 15.4. The van der Waals surface area contributed by atoms with Gasteiger partial charge < -0.3 is 15.0 Å². The van der Waals surface area contributed by atoms with Gasteiger partial charge in [-0.2, -0.15) is 9.61 Å². The first-order chi connectivity index (χ1) is 19.6. The summed E-state index contributed by atoms with van der Waals surface area (Å²) in [4.78, 5) is 20.8. The molecule has 1 amide bonds. The molecule has 0 aliphatic carbocycles. The highest BCUT2D eigenvalue weighted by atomic mass is 79.9. The zero-order chi connectivity index (χ0) is 27.2. The molecule has 1 saturated heterocycles. The number of amides is 1. The van der Waals surface area contributed by atoms with Crippen molar-refractivity contribution in [2.75, 3.05) is 18.4 Å². The zero-order valence-corrected chi connectivity index (χ0v) is 23.8. The summed E-state index contributed by atoms with van der Waals surface area (Å²) in [5.74, 6) is 2.08. The largest absolute Gasteiger partial charge is 0.457 e. The van der Waals surface area contributed by atoms with E-state index in [1.807, 2.05) is 83.8 Å². The van der Waals surface area contributed by atoms with Gasteiger partial charge in [-0.15, -0.1) is 0 Å². The van der Waals surface area contributed by atoms with Crippen LogP contribution in [0.4, 0.5) is 5.82 Å². The summed E-state index contributed by atoms with van der Waals surface area (Å²) < 4.78 is 8.72. The van der Waals surface area contributed by atoms with Crippen molar-refractivity contribution in [3.8, 4) is 22.8 Å². The highest BCUT2D eigenvalue weighted by Crippen LogP contribution is 2.45. The predicted octanol–water partition coefficient (Wildman–Crippen LogP) is 7.15.